The van der Waals surface area contributed by atoms with Gasteiger partial charge in [-0.2, -0.15) is 0 Å². The Bertz CT molecular complexity index is 822. The molecule has 6 nitrogen and oxygen atoms in total. The first-order valence-electron chi connectivity index (χ1n) is 7.01. The predicted octanol–water partition coefficient (Wildman–Crippen LogP) is 3.04. The van der Waals surface area contributed by atoms with Gasteiger partial charge in [0.2, 0.25) is 0 Å². The van der Waals surface area contributed by atoms with Crippen molar-refractivity contribution in [2.24, 2.45) is 0 Å². The Morgan fingerprint density at radius 2 is 2.09 bits per heavy atom. The van der Waals surface area contributed by atoms with Crippen LogP contribution in [0, 0.1) is 6.92 Å². The number of thiazole rings is 1. The minimum absolute atomic E-state index is 0.0970. The van der Waals surface area contributed by atoms with Crippen LogP contribution in [0.25, 0.3) is 11.0 Å². The summed E-state index contributed by atoms with van der Waals surface area (Å²) in [5, 5.41) is 11.5. The first-order chi connectivity index (χ1) is 10.5. The molecular weight excluding hydrogens is 300 g/mol. The van der Waals surface area contributed by atoms with E-state index in [1.165, 1.54) is 11.3 Å². The van der Waals surface area contributed by atoms with Crippen molar-refractivity contribution in [1.82, 2.24) is 20.6 Å². The minimum Gasteiger partial charge on any atom is -0.347 e. The van der Waals surface area contributed by atoms with Crippen LogP contribution < -0.4 is 5.32 Å². The zero-order valence-electron chi connectivity index (χ0n) is 12.6. The number of benzene rings is 1. The second-order valence-electron chi connectivity index (χ2n) is 5.39. The molecule has 0 aliphatic rings. The lowest BCUT2D eigenvalue weighted by molar-refractivity contribution is 0.0954. The molecule has 1 amide bonds. The molecule has 0 atom stereocenters. The van der Waals surface area contributed by atoms with E-state index in [1.54, 1.807) is 0 Å². The number of fused-ring (bicyclic) bond motifs is 1. The van der Waals surface area contributed by atoms with Crippen LogP contribution in [0.3, 0.4) is 0 Å². The van der Waals surface area contributed by atoms with Crippen LogP contribution in [0.5, 0.6) is 0 Å². The van der Waals surface area contributed by atoms with Gasteiger partial charge in [-0.05, 0) is 34.9 Å². The van der Waals surface area contributed by atoms with Gasteiger partial charge in [-0.15, -0.1) is 11.3 Å². The molecule has 0 spiro atoms. The van der Waals surface area contributed by atoms with Crippen LogP contribution in [-0.4, -0.2) is 21.2 Å². The molecule has 3 rings (SSSR count). The number of aryl methyl sites for hydroxylation is 1. The van der Waals surface area contributed by atoms with Crippen LogP contribution >= 0.6 is 11.3 Å². The Morgan fingerprint density at radius 1 is 1.32 bits per heavy atom. The Kier molecular flexibility index (Phi) is 3.89. The average molecular weight is 316 g/mol. The number of carbonyl (C=O) groups excluding carboxylic acids is 1. The standard InChI is InChI=1S/C15H16N4O2S/c1-8(2)15-17-9(3)13(22-15)14(20)16-7-10-4-5-11-12(6-10)19-21-18-11/h4-6,8H,7H2,1-3H3,(H,16,20). The van der Waals surface area contributed by atoms with E-state index < -0.39 is 0 Å². The van der Waals surface area contributed by atoms with E-state index in [4.69, 9.17) is 0 Å². The summed E-state index contributed by atoms with van der Waals surface area (Å²) < 4.78 is 4.66. The van der Waals surface area contributed by atoms with E-state index >= 15 is 0 Å². The lowest BCUT2D eigenvalue weighted by Gasteiger charge is -2.04. The van der Waals surface area contributed by atoms with E-state index in [1.807, 2.05) is 25.1 Å². The van der Waals surface area contributed by atoms with Gasteiger partial charge in [-0.25, -0.2) is 9.61 Å². The van der Waals surface area contributed by atoms with Crippen molar-refractivity contribution in [2.75, 3.05) is 0 Å². The molecule has 0 aliphatic heterocycles. The van der Waals surface area contributed by atoms with Gasteiger partial charge in [-0.1, -0.05) is 19.9 Å². The second-order valence-corrected chi connectivity index (χ2v) is 6.42. The van der Waals surface area contributed by atoms with Crippen LogP contribution in [0.4, 0.5) is 0 Å². The van der Waals surface area contributed by atoms with Gasteiger partial charge in [-0.3, -0.25) is 4.79 Å². The lowest BCUT2D eigenvalue weighted by Crippen LogP contribution is -2.22. The van der Waals surface area contributed by atoms with Crippen molar-refractivity contribution < 1.29 is 9.42 Å². The number of amides is 1. The van der Waals surface area contributed by atoms with E-state index in [0.29, 0.717) is 28.4 Å². The van der Waals surface area contributed by atoms with Crippen molar-refractivity contribution in [3.8, 4) is 0 Å². The highest BCUT2D eigenvalue weighted by atomic mass is 32.1. The van der Waals surface area contributed by atoms with E-state index in [2.05, 4.69) is 39.1 Å². The Balaban J connectivity index is 1.71. The predicted molar refractivity (Wildman–Crippen MR) is 83.9 cm³/mol. The molecule has 3 aromatic rings. The summed E-state index contributed by atoms with van der Waals surface area (Å²) >= 11 is 1.45. The molecule has 0 saturated heterocycles. The van der Waals surface area contributed by atoms with Crippen molar-refractivity contribution in [1.29, 1.82) is 0 Å². The summed E-state index contributed by atoms with van der Waals surface area (Å²) in [5.74, 6) is 0.229. The van der Waals surface area contributed by atoms with Gasteiger partial charge < -0.3 is 5.32 Å². The summed E-state index contributed by atoms with van der Waals surface area (Å²) in [6.07, 6.45) is 0. The monoisotopic (exact) mass is 316 g/mol. The molecule has 0 radical (unpaired) electrons. The normalized spacial score (nSPS) is 11.3. The number of hydrogen-bond donors (Lipinski definition) is 1. The number of hydrogen-bond acceptors (Lipinski definition) is 6. The molecule has 7 heteroatoms. The van der Waals surface area contributed by atoms with Gasteiger partial charge in [0.15, 0.2) is 0 Å². The van der Waals surface area contributed by atoms with Crippen LogP contribution in [0.15, 0.2) is 22.8 Å². The maximum atomic E-state index is 12.3. The topological polar surface area (TPSA) is 80.9 Å². The summed E-state index contributed by atoms with van der Waals surface area (Å²) in [6, 6.07) is 5.57. The van der Waals surface area contributed by atoms with E-state index in [9.17, 15) is 4.79 Å². The maximum Gasteiger partial charge on any atom is 0.263 e. The molecule has 2 heterocycles. The second kappa shape index (κ2) is 5.84. The van der Waals surface area contributed by atoms with Crippen LogP contribution in [0.2, 0.25) is 0 Å². The maximum absolute atomic E-state index is 12.3. The molecular formula is C15H16N4O2S. The lowest BCUT2D eigenvalue weighted by atomic mass is 10.2. The first-order valence-corrected chi connectivity index (χ1v) is 7.83. The first kappa shape index (κ1) is 14.6. The van der Waals surface area contributed by atoms with Gasteiger partial charge in [0.1, 0.15) is 15.9 Å². The number of aromatic nitrogens is 3. The van der Waals surface area contributed by atoms with Crippen LogP contribution in [0.1, 0.15) is 45.7 Å². The third-order valence-electron chi connectivity index (χ3n) is 3.28. The minimum atomic E-state index is -0.0970. The van der Waals surface area contributed by atoms with Crippen molar-refractivity contribution >= 4 is 28.3 Å². The average Bonchev–Trinajstić information content (AvgIpc) is 3.10. The molecule has 0 bridgehead atoms. The third kappa shape index (κ3) is 2.85. The fraction of sp³-hybridized carbons (Fsp3) is 0.333. The molecule has 2 aromatic heterocycles. The molecule has 0 aliphatic carbocycles. The molecule has 22 heavy (non-hydrogen) atoms. The molecule has 0 unspecified atom stereocenters. The zero-order chi connectivity index (χ0) is 15.7. The Morgan fingerprint density at radius 3 is 2.82 bits per heavy atom. The zero-order valence-corrected chi connectivity index (χ0v) is 13.4. The SMILES string of the molecule is Cc1nc(C(C)C)sc1C(=O)NCc1ccc2nonc2c1. The van der Waals surface area contributed by atoms with Crippen molar-refractivity contribution in [3.05, 3.63) is 39.3 Å². The molecule has 114 valence electrons. The highest BCUT2D eigenvalue weighted by Gasteiger charge is 2.16. The summed E-state index contributed by atoms with van der Waals surface area (Å²) in [7, 11) is 0. The largest absolute Gasteiger partial charge is 0.347 e. The van der Waals surface area contributed by atoms with E-state index in [-0.39, 0.29) is 5.91 Å². The van der Waals surface area contributed by atoms with Gasteiger partial charge in [0, 0.05) is 12.5 Å². The number of carbonyl (C=O) groups is 1. The van der Waals surface area contributed by atoms with Crippen molar-refractivity contribution in [3.63, 3.8) is 0 Å². The number of rotatable bonds is 4. The van der Waals surface area contributed by atoms with Crippen molar-refractivity contribution in [2.45, 2.75) is 33.2 Å². The van der Waals surface area contributed by atoms with Gasteiger partial charge in [0.05, 0.1) is 10.7 Å². The number of nitrogens with zero attached hydrogens (tertiary/aromatic N) is 3. The Hall–Kier alpha value is -2.28. The third-order valence-corrected chi connectivity index (χ3v) is 4.74. The van der Waals surface area contributed by atoms with Gasteiger partial charge in [0.25, 0.3) is 5.91 Å². The quantitative estimate of drug-likeness (QED) is 0.800. The number of nitrogens with one attached hydrogen (secondary N) is 1. The fourth-order valence-corrected chi connectivity index (χ4v) is 3.06. The van der Waals surface area contributed by atoms with Crippen LogP contribution in [-0.2, 0) is 6.54 Å². The summed E-state index contributed by atoms with van der Waals surface area (Å²) in [5.41, 5.74) is 3.11. The summed E-state index contributed by atoms with van der Waals surface area (Å²) in [6.45, 7) is 6.43. The smallest absolute Gasteiger partial charge is 0.263 e. The Labute approximate surface area is 131 Å². The fourth-order valence-electron chi connectivity index (χ4n) is 2.08. The highest BCUT2D eigenvalue weighted by molar-refractivity contribution is 7.13. The highest BCUT2D eigenvalue weighted by Crippen LogP contribution is 2.24. The van der Waals surface area contributed by atoms with E-state index in [0.717, 1.165) is 16.3 Å². The molecule has 0 fully saturated rings. The molecule has 1 N–H and O–H groups in total. The van der Waals surface area contributed by atoms with Gasteiger partial charge >= 0.3 is 0 Å². The summed E-state index contributed by atoms with van der Waals surface area (Å²) in [4.78, 5) is 17.4. The molecule has 0 saturated carbocycles. The molecule has 1 aromatic carbocycles.